The van der Waals surface area contributed by atoms with Crippen LogP contribution < -0.4 is 10.9 Å². The Balaban J connectivity index is 1.80. The van der Waals surface area contributed by atoms with Crippen molar-refractivity contribution in [3.63, 3.8) is 0 Å². The number of hydrogen-bond acceptors (Lipinski definition) is 4. The summed E-state index contributed by atoms with van der Waals surface area (Å²) in [6.45, 7) is -0.246. The molecule has 7 heteroatoms. The fourth-order valence-corrected chi connectivity index (χ4v) is 2.09. The standard InChI is InChI=1S/C17H13FN4O2/c18-13-6-4-12(5-7-13)14-8-9-17(24)22(21-14)11-16(23)20-15-3-1-2-10-19-15/h1-10H,11H2,(H,19,20,23). The van der Waals surface area contributed by atoms with Gasteiger partial charge in [-0.2, -0.15) is 5.10 Å². The first-order valence-corrected chi connectivity index (χ1v) is 7.17. The lowest BCUT2D eigenvalue weighted by atomic mass is 10.1. The van der Waals surface area contributed by atoms with Gasteiger partial charge in [-0.1, -0.05) is 6.07 Å². The van der Waals surface area contributed by atoms with Crippen LogP contribution in [0.4, 0.5) is 10.2 Å². The average molecular weight is 324 g/mol. The highest BCUT2D eigenvalue weighted by Crippen LogP contribution is 2.15. The maximum absolute atomic E-state index is 13.0. The molecule has 3 aromatic rings. The summed E-state index contributed by atoms with van der Waals surface area (Å²) in [7, 11) is 0. The Hall–Kier alpha value is -3.35. The largest absolute Gasteiger partial charge is 0.309 e. The third-order valence-electron chi connectivity index (χ3n) is 3.23. The molecule has 1 aromatic carbocycles. The van der Waals surface area contributed by atoms with Crippen LogP contribution >= 0.6 is 0 Å². The number of pyridine rings is 1. The first-order valence-electron chi connectivity index (χ1n) is 7.17. The molecule has 24 heavy (non-hydrogen) atoms. The number of carbonyl (C=O) groups is 1. The first-order chi connectivity index (χ1) is 11.6. The number of hydrogen-bond donors (Lipinski definition) is 1. The van der Waals surface area contributed by atoms with Crippen LogP contribution in [0, 0.1) is 5.82 Å². The number of nitrogens with zero attached hydrogens (tertiary/aromatic N) is 3. The summed E-state index contributed by atoms with van der Waals surface area (Å²) < 4.78 is 14.0. The molecular weight excluding hydrogens is 311 g/mol. The first kappa shape index (κ1) is 15.5. The fraction of sp³-hybridized carbons (Fsp3) is 0.0588. The lowest BCUT2D eigenvalue weighted by Gasteiger charge is -2.08. The third kappa shape index (κ3) is 3.70. The van der Waals surface area contributed by atoms with Crippen molar-refractivity contribution in [1.29, 1.82) is 0 Å². The Kier molecular flexibility index (Phi) is 4.42. The Morgan fingerprint density at radius 3 is 2.58 bits per heavy atom. The molecule has 3 rings (SSSR count). The molecule has 0 atom stereocenters. The predicted molar refractivity (Wildman–Crippen MR) is 86.8 cm³/mol. The van der Waals surface area contributed by atoms with E-state index in [0.29, 0.717) is 17.1 Å². The van der Waals surface area contributed by atoms with Gasteiger partial charge in [0.25, 0.3) is 5.56 Å². The molecule has 6 nitrogen and oxygen atoms in total. The summed E-state index contributed by atoms with van der Waals surface area (Å²) in [4.78, 5) is 27.9. The molecule has 0 spiro atoms. The van der Waals surface area contributed by atoms with Crippen LogP contribution in [0.15, 0.2) is 65.6 Å². The molecule has 0 saturated carbocycles. The van der Waals surface area contributed by atoms with Crippen molar-refractivity contribution in [2.24, 2.45) is 0 Å². The molecule has 2 aromatic heterocycles. The van der Waals surface area contributed by atoms with Crippen LogP contribution in [0.25, 0.3) is 11.3 Å². The van der Waals surface area contributed by atoms with Crippen LogP contribution in [-0.2, 0) is 11.3 Å². The lowest BCUT2D eigenvalue weighted by molar-refractivity contribution is -0.117. The van der Waals surface area contributed by atoms with Crippen molar-refractivity contribution in [2.75, 3.05) is 5.32 Å². The number of carbonyl (C=O) groups excluding carboxylic acids is 1. The zero-order chi connectivity index (χ0) is 16.9. The van der Waals surface area contributed by atoms with Gasteiger partial charge in [-0.3, -0.25) is 9.59 Å². The molecule has 120 valence electrons. The second kappa shape index (κ2) is 6.82. The highest BCUT2D eigenvalue weighted by molar-refractivity contribution is 5.89. The molecule has 0 aliphatic heterocycles. The minimum Gasteiger partial charge on any atom is -0.309 e. The van der Waals surface area contributed by atoms with Crippen LogP contribution in [0.1, 0.15) is 0 Å². The van der Waals surface area contributed by atoms with Crippen molar-refractivity contribution >= 4 is 11.7 Å². The second-order valence-corrected chi connectivity index (χ2v) is 4.98. The summed E-state index contributed by atoms with van der Waals surface area (Å²) in [5.41, 5.74) is 0.715. The van der Waals surface area contributed by atoms with Crippen LogP contribution in [0.5, 0.6) is 0 Å². The van der Waals surface area contributed by atoms with Gasteiger partial charge in [0.05, 0.1) is 5.69 Å². The van der Waals surface area contributed by atoms with Crippen molar-refractivity contribution < 1.29 is 9.18 Å². The Labute approximate surface area is 136 Å². The highest BCUT2D eigenvalue weighted by Gasteiger charge is 2.09. The van der Waals surface area contributed by atoms with E-state index >= 15 is 0 Å². The van der Waals surface area contributed by atoms with E-state index in [0.717, 1.165) is 4.68 Å². The predicted octanol–water partition coefficient (Wildman–Crippen LogP) is 2.08. The average Bonchev–Trinajstić information content (AvgIpc) is 2.58. The Bertz CT molecular complexity index is 908. The third-order valence-corrected chi connectivity index (χ3v) is 3.23. The summed E-state index contributed by atoms with van der Waals surface area (Å²) in [6, 6.07) is 13.7. The number of amides is 1. The van der Waals surface area contributed by atoms with E-state index < -0.39 is 11.5 Å². The smallest absolute Gasteiger partial charge is 0.267 e. The molecule has 0 bridgehead atoms. The molecule has 0 unspecified atom stereocenters. The minimum atomic E-state index is -0.417. The van der Waals surface area contributed by atoms with E-state index in [-0.39, 0.29) is 12.4 Å². The quantitative estimate of drug-likeness (QED) is 0.797. The molecule has 0 fully saturated rings. The summed E-state index contributed by atoms with van der Waals surface area (Å²) in [5.74, 6) is -0.383. The van der Waals surface area contributed by atoms with Gasteiger partial charge in [0.2, 0.25) is 5.91 Å². The van der Waals surface area contributed by atoms with Crippen LogP contribution in [0.2, 0.25) is 0 Å². The SMILES string of the molecule is O=C(Cn1nc(-c2ccc(F)cc2)ccc1=O)Nc1ccccn1. The van der Waals surface area contributed by atoms with Crippen molar-refractivity contribution in [1.82, 2.24) is 14.8 Å². The van der Waals surface area contributed by atoms with Crippen molar-refractivity contribution in [2.45, 2.75) is 6.54 Å². The van der Waals surface area contributed by atoms with Crippen molar-refractivity contribution in [3.8, 4) is 11.3 Å². The maximum atomic E-state index is 13.0. The summed E-state index contributed by atoms with van der Waals surface area (Å²) in [6.07, 6.45) is 1.55. The zero-order valence-electron chi connectivity index (χ0n) is 12.5. The van der Waals surface area contributed by atoms with Gasteiger partial charge >= 0.3 is 0 Å². The van der Waals surface area contributed by atoms with Crippen LogP contribution in [-0.4, -0.2) is 20.7 Å². The number of halogens is 1. The normalized spacial score (nSPS) is 10.4. The summed E-state index contributed by atoms with van der Waals surface area (Å²) in [5, 5.41) is 6.74. The van der Waals surface area contributed by atoms with Gasteiger partial charge < -0.3 is 5.32 Å². The Morgan fingerprint density at radius 2 is 1.88 bits per heavy atom. The lowest BCUT2D eigenvalue weighted by Crippen LogP contribution is -2.29. The molecule has 1 amide bonds. The van der Waals surface area contributed by atoms with Crippen LogP contribution in [0.3, 0.4) is 0 Å². The van der Waals surface area contributed by atoms with Gasteiger partial charge in [0.15, 0.2) is 0 Å². The molecule has 1 N–H and O–H groups in total. The van der Waals surface area contributed by atoms with E-state index in [1.54, 1.807) is 36.5 Å². The molecule has 0 aliphatic rings. The fourth-order valence-electron chi connectivity index (χ4n) is 2.09. The molecule has 0 saturated heterocycles. The van der Waals surface area contributed by atoms with Gasteiger partial charge in [0, 0.05) is 17.8 Å². The number of benzene rings is 1. The number of anilines is 1. The van der Waals surface area contributed by atoms with Gasteiger partial charge in [-0.05, 0) is 42.5 Å². The number of nitrogens with one attached hydrogen (secondary N) is 1. The van der Waals surface area contributed by atoms with E-state index in [9.17, 15) is 14.0 Å². The highest BCUT2D eigenvalue weighted by atomic mass is 19.1. The van der Waals surface area contributed by atoms with Gasteiger partial charge in [-0.25, -0.2) is 14.1 Å². The maximum Gasteiger partial charge on any atom is 0.267 e. The van der Waals surface area contributed by atoms with E-state index in [1.807, 2.05) is 0 Å². The molecule has 0 aliphatic carbocycles. The van der Waals surface area contributed by atoms with Gasteiger partial charge in [0.1, 0.15) is 18.2 Å². The zero-order valence-corrected chi connectivity index (χ0v) is 12.5. The molecule has 2 heterocycles. The van der Waals surface area contributed by atoms with E-state index in [2.05, 4.69) is 15.4 Å². The second-order valence-electron chi connectivity index (χ2n) is 4.98. The summed E-state index contributed by atoms with van der Waals surface area (Å²) >= 11 is 0. The van der Waals surface area contributed by atoms with Gasteiger partial charge in [-0.15, -0.1) is 0 Å². The van der Waals surface area contributed by atoms with E-state index in [4.69, 9.17) is 0 Å². The van der Waals surface area contributed by atoms with E-state index in [1.165, 1.54) is 24.3 Å². The van der Waals surface area contributed by atoms with Crippen molar-refractivity contribution in [3.05, 3.63) is 77.0 Å². The minimum absolute atomic E-state index is 0.246. The Morgan fingerprint density at radius 1 is 1.08 bits per heavy atom. The topological polar surface area (TPSA) is 76.9 Å². The number of rotatable bonds is 4. The number of aromatic nitrogens is 3. The molecular formula is C17H13FN4O2. The molecule has 0 radical (unpaired) electrons. The monoisotopic (exact) mass is 324 g/mol.